The van der Waals surface area contributed by atoms with E-state index >= 15 is 0 Å². The molecule has 0 unspecified atom stereocenters. The third-order valence-corrected chi connectivity index (χ3v) is 4.87. The first-order valence-electron chi connectivity index (χ1n) is 5.55. The molecule has 0 N–H and O–H groups in total. The van der Waals surface area contributed by atoms with Crippen molar-refractivity contribution in [3.05, 3.63) is 0 Å². The lowest BCUT2D eigenvalue weighted by Gasteiger charge is -2.13. The van der Waals surface area contributed by atoms with E-state index in [-0.39, 0.29) is 36.1 Å². The zero-order valence-corrected chi connectivity index (χ0v) is 11.0. The number of hydrogen-bond acceptors (Lipinski definition) is 5. The van der Waals surface area contributed by atoms with Gasteiger partial charge in [-0.1, -0.05) is 0 Å². The molecule has 0 radical (unpaired) electrons. The molecule has 1 saturated carbocycles. The monoisotopic (exact) mass is 262 g/mol. The number of Topliss-reactive ketones (excluding diaryl/α,β-unsaturated/α-hetero) is 1. The second-order valence-corrected chi connectivity index (χ2v) is 6.98. The zero-order valence-electron chi connectivity index (χ0n) is 10.2. The van der Waals surface area contributed by atoms with E-state index in [4.69, 9.17) is 0 Å². The molecule has 0 aliphatic heterocycles. The van der Waals surface area contributed by atoms with Crippen LogP contribution in [0.1, 0.15) is 32.6 Å². The van der Waals surface area contributed by atoms with Crippen molar-refractivity contribution in [2.45, 2.75) is 32.6 Å². The fourth-order valence-electron chi connectivity index (χ4n) is 1.77. The number of rotatable bonds is 7. The summed E-state index contributed by atoms with van der Waals surface area (Å²) in [4.78, 5) is 21.9. The van der Waals surface area contributed by atoms with Crippen molar-refractivity contribution in [1.29, 1.82) is 0 Å². The Hall–Kier alpha value is -0.910. The Bertz CT molecular complexity index is 406. The van der Waals surface area contributed by atoms with Crippen molar-refractivity contribution >= 4 is 21.6 Å². The summed E-state index contributed by atoms with van der Waals surface area (Å²) in [5, 5.41) is 0. The highest BCUT2D eigenvalue weighted by Crippen LogP contribution is 2.50. The summed E-state index contributed by atoms with van der Waals surface area (Å²) in [6.07, 6.45) is 1.68. The predicted octanol–water partition coefficient (Wildman–Crippen LogP) is 0.724. The highest BCUT2D eigenvalue weighted by molar-refractivity contribution is 7.91. The molecule has 0 bridgehead atoms. The van der Waals surface area contributed by atoms with Crippen molar-refractivity contribution in [3.63, 3.8) is 0 Å². The predicted molar refractivity (Wildman–Crippen MR) is 62.3 cm³/mol. The number of esters is 1. The van der Waals surface area contributed by atoms with E-state index in [0.29, 0.717) is 0 Å². The first-order chi connectivity index (χ1) is 7.79. The number of carbonyl (C=O) groups is 2. The lowest BCUT2D eigenvalue weighted by molar-refractivity contribution is -0.141. The van der Waals surface area contributed by atoms with Gasteiger partial charge in [0.15, 0.2) is 9.84 Å². The normalized spacial score (nSPS) is 17.5. The van der Waals surface area contributed by atoms with Crippen LogP contribution in [0.15, 0.2) is 0 Å². The van der Waals surface area contributed by atoms with Gasteiger partial charge in [-0.25, -0.2) is 8.42 Å². The Morgan fingerprint density at radius 3 is 2.29 bits per heavy atom. The van der Waals surface area contributed by atoms with Gasteiger partial charge in [-0.2, -0.15) is 0 Å². The summed E-state index contributed by atoms with van der Waals surface area (Å²) >= 11 is 0. The average Bonchev–Trinajstić information content (AvgIpc) is 2.94. The van der Waals surface area contributed by atoms with Crippen molar-refractivity contribution in [2.75, 3.05) is 18.6 Å². The van der Waals surface area contributed by atoms with E-state index in [1.165, 1.54) is 14.0 Å². The average molecular weight is 262 g/mol. The van der Waals surface area contributed by atoms with Crippen LogP contribution in [0.25, 0.3) is 0 Å². The Morgan fingerprint density at radius 2 is 1.88 bits per heavy atom. The molecule has 0 aromatic heterocycles. The summed E-state index contributed by atoms with van der Waals surface area (Å²) in [6.45, 7) is 1.37. The van der Waals surface area contributed by atoms with Crippen LogP contribution in [0, 0.1) is 5.41 Å². The second-order valence-electron chi connectivity index (χ2n) is 4.80. The van der Waals surface area contributed by atoms with E-state index in [2.05, 4.69) is 4.74 Å². The van der Waals surface area contributed by atoms with Crippen LogP contribution in [0.2, 0.25) is 0 Å². The molecule has 98 valence electrons. The molecule has 1 fully saturated rings. The van der Waals surface area contributed by atoms with Gasteiger partial charge in [0, 0.05) is 6.42 Å². The van der Waals surface area contributed by atoms with Crippen molar-refractivity contribution in [2.24, 2.45) is 5.41 Å². The van der Waals surface area contributed by atoms with E-state index in [1.807, 2.05) is 0 Å². The van der Waals surface area contributed by atoms with E-state index in [9.17, 15) is 18.0 Å². The fourth-order valence-corrected chi connectivity index (χ4v) is 3.83. The molecule has 0 atom stereocenters. The first kappa shape index (κ1) is 14.2. The van der Waals surface area contributed by atoms with Crippen molar-refractivity contribution in [3.8, 4) is 0 Å². The Balaban J connectivity index is 2.52. The zero-order chi connectivity index (χ0) is 13.1. The highest BCUT2D eigenvalue weighted by atomic mass is 32.2. The lowest BCUT2D eigenvalue weighted by atomic mass is 10.1. The topological polar surface area (TPSA) is 77.5 Å². The SMILES string of the molecule is COC(=O)CC1(CS(=O)(=O)CCC(C)=O)CC1. The lowest BCUT2D eigenvalue weighted by Crippen LogP contribution is -2.23. The summed E-state index contributed by atoms with van der Waals surface area (Å²) in [5.74, 6) is -0.635. The van der Waals surface area contributed by atoms with Crippen LogP contribution in [0.4, 0.5) is 0 Å². The van der Waals surface area contributed by atoms with Crippen LogP contribution in [0.5, 0.6) is 0 Å². The summed E-state index contributed by atoms with van der Waals surface area (Å²) < 4.78 is 28.1. The first-order valence-corrected chi connectivity index (χ1v) is 7.37. The number of hydrogen-bond donors (Lipinski definition) is 0. The third kappa shape index (κ3) is 4.85. The Labute approximate surface area is 101 Å². The molecule has 6 heteroatoms. The maximum Gasteiger partial charge on any atom is 0.306 e. The molecule has 1 aliphatic rings. The Morgan fingerprint density at radius 1 is 1.29 bits per heavy atom. The van der Waals surface area contributed by atoms with Gasteiger partial charge in [0.25, 0.3) is 0 Å². The van der Waals surface area contributed by atoms with Gasteiger partial charge in [0.05, 0.1) is 25.0 Å². The molecule has 0 aromatic rings. The maximum absolute atomic E-state index is 11.8. The molecule has 0 saturated heterocycles. The van der Waals surface area contributed by atoms with Crippen molar-refractivity contribution < 1.29 is 22.7 Å². The number of ketones is 1. The maximum atomic E-state index is 11.8. The van der Waals surface area contributed by atoms with Gasteiger partial charge in [0.2, 0.25) is 0 Å². The van der Waals surface area contributed by atoms with Crippen LogP contribution in [-0.2, 0) is 24.2 Å². The molecule has 0 aromatic carbocycles. The molecule has 17 heavy (non-hydrogen) atoms. The number of carbonyl (C=O) groups excluding carboxylic acids is 2. The van der Waals surface area contributed by atoms with Gasteiger partial charge in [-0.05, 0) is 25.2 Å². The van der Waals surface area contributed by atoms with Gasteiger partial charge < -0.3 is 4.74 Å². The van der Waals surface area contributed by atoms with Crippen LogP contribution >= 0.6 is 0 Å². The van der Waals surface area contributed by atoms with E-state index in [0.717, 1.165) is 12.8 Å². The highest BCUT2D eigenvalue weighted by Gasteiger charge is 2.47. The molecule has 1 rings (SSSR count). The van der Waals surface area contributed by atoms with Gasteiger partial charge >= 0.3 is 5.97 Å². The minimum absolute atomic E-state index is 0.0115. The molecule has 1 aliphatic carbocycles. The Kier molecular flexibility index (Phi) is 4.30. The largest absolute Gasteiger partial charge is 0.469 e. The van der Waals surface area contributed by atoms with Crippen LogP contribution in [0.3, 0.4) is 0 Å². The molecular weight excluding hydrogens is 244 g/mol. The van der Waals surface area contributed by atoms with Gasteiger partial charge in [0.1, 0.15) is 5.78 Å². The molecule has 0 spiro atoms. The number of ether oxygens (including phenoxy) is 1. The molecular formula is C11H18O5S. The minimum Gasteiger partial charge on any atom is -0.469 e. The van der Waals surface area contributed by atoms with Crippen LogP contribution < -0.4 is 0 Å². The quantitative estimate of drug-likeness (QED) is 0.632. The minimum atomic E-state index is -3.25. The van der Waals surface area contributed by atoms with Crippen LogP contribution in [-0.4, -0.2) is 38.8 Å². The smallest absolute Gasteiger partial charge is 0.306 e. The molecule has 0 amide bonds. The van der Waals surface area contributed by atoms with Gasteiger partial charge in [-0.15, -0.1) is 0 Å². The summed E-state index contributed by atoms with van der Waals surface area (Å²) in [7, 11) is -1.96. The summed E-state index contributed by atoms with van der Waals surface area (Å²) in [6, 6.07) is 0. The molecule has 5 nitrogen and oxygen atoms in total. The molecule has 0 heterocycles. The second kappa shape index (κ2) is 5.16. The van der Waals surface area contributed by atoms with E-state index in [1.54, 1.807) is 0 Å². The van der Waals surface area contributed by atoms with Gasteiger partial charge in [-0.3, -0.25) is 9.59 Å². The number of methoxy groups -OCH3 is 1. The number of sulfone groups is 1. The third-order valence-electron chi connectivity index (χ3n) is 3.00. The van der Waals surface area contributed by atoms with E-state index < -0.39 is 15.3 Å². The fraction of sp³-hybridized carbons (Fsp3) is 0.818. The van der Waals surface area contributed by atoms with Crippen molar-refractivity contribution in [1.82, 2.24) is 0 Å². The summed E-state index contributed by atoms with van der Waals surface area (Å²) in [5.41, 5.74) is -0.428. The standard InChI is InChI=1S/C11H18O5S/c1-9(12)3-6-17(14,15)8-11(4-5-11)7-10(13)16-2/h3-8H2,1-2H3.